The molecule has 2 fully saturated rings. The zero-order valence-corrected chi connectivity index (χ0v) is 24.6. The highest BCUT2D eigenvalue weighted by Gasteiger charge is 2.15. The van der Waals surface area contributed by atoms with Gasteiger partial charge in [-0.1, -0.05) is 159 Å². The van der Waals surface area contributed by atoms with Gasteiger partial charge in [-0.25, -0.2) is 0 Å². The van der Waals surface area contributed by atoms with Crippen molar-refractivity contribution in [3.05, 3.63) is 0 Å². The normalized spacial score (nSPS) is 21.4. The van der Waals surface area contributed by atoms with E-state index in [2.05, 4.69) is 55.4 Å². The molecule has 0 aliphatic heterocycles. The summed E-state index contributed by atoms with van der Waals surface area (Å²) in [5.41, 5.74) is 0. The SMILES string of the molecule is CC.CCC.CCC1CCC(C)CC1.CCCC(CF)C(C)C.CCCC1CCCCC1. The molecule has 2 rings (SSSR count). The quantitative estimate of drug-likeness (QED) is 0.355. The molecule has 198 valence electrons. The molecule has 0 N–H and O–H groups in total. The summed E-state index contributed by atoms with van der Waals surface area (Å²) in [6.07, 6.45) is 21.2. The van der Waals surface area contributed by atoms with Crippen LogP contribution < -0.4 is 0 Å². The lowest BCUT2D eigenvalue weighted by Gasteiger charge is -2.24. The molecule has 0 radical (unpaired) electrons. The van der Waals surface area contributed by atoms with Crippen LogP contribution in [0, 0.1) is 29.6 Å². The fourth-order valence-corrected chi connectivity index (χ4v) is 4.58. The third kappa shape index (κ3) is 24.6. The first kappa shape index (κ1) is 36.5. The van der Waals surface area contributed by atoms with E-state index < -0.39 is 0 Å². The van der Waals surface area contributed by atoms with Crippen molar-refractivity contribution in [3.63, 3.8) is 0 Å². The van der Waals surface area contributed by atoms with Crippen LogP contribution in [0.25, 0.3) is 0 Å². The molecule has 0 bridgehead atoms. The second-order valence-electron chi connectivity index (χ2n) is 10.5. The van der Waals surface area contributed by atoms with Gasteiger partial charge in [0.2, 0.25) is 0 Å². The molecule has 2 aliphatic carbocycles. The summed E-state index contributed by atoms with van der Waals surface area (Å²) < 4.78 is 12.1. The lowest BCUT2D eigenvalue weighted by atomic mass is 9.82. The van der Waals surface area contributed by atoms with Crippen LogP contribution in [-0.4, -0.2) is 6.67 Å². The first-order valence-corrected chi connectivity index (χ1v) is 15.0. The number of hydrogen-bond acceptors (Lipinski definition) is 0. The van der Waals surface area contributed by atoms with Gasteiger partial charge in [-0.05, 0) is 36.0 Å². The smallest absolute Gasteiger partial charge is 0.0925 e. The van der Waals surface area contributed by atoms with Gasteiger partial charge < -0.3 is 0 Å². The standard InChI is InChI=1S/2C9H18.C8H17F.C3H8.C2H6/c1-3-9-6-4-8(2)5-7-9;1-2-6-9-7-4-3-5-8-9;1-4-5-8(6-9)7(2)3;1-3-2;1-2/h8-9H,3-7H2,1-2H3;9H,2-8H2,1H3;7-8H,4-6H2,1-3H3;3H2,1-2H3;1-2H3. The van der Waals surface area contributed by atoms with Crippen LogP contribution >= 0.6 is 0 Å². The maximum atomic E-state index is 12.1. The van der Waals surface area contributed by atoms with Crippen LogP contribution in [0.15, 0.2) is 0 Å². The average molecular weight is 459 g/mol. The Balaban J connectivity index is -0.000000357. The van der Waals surface area contributed by atoms with Gasteiger partial charge in [0.25, 0.3) is 0 Å². The van der Waals surface area contributed by atoms with Crippen molar-refractivity contribution >= 4 is 0 Å². The van der Waals surface area contributed by atoms with Crippen molar-refractivity contribution in [1.82, 2.24) is 0 Å². The van der Waals surface area contributed by atoms with E-state index >= 15 is 0 Å². The van der Waals surface area contributed by atoms with Crippen molar-refractivity contribution in [2.24, 2.45) is 29.6 Å². The summed E-state index contributed by atoms with van der Waals surface area (Å²) in [7, 11) is 0. The largest absolute Gasteiger partial charge is 0.251 e. The second-order valence-corrected chi connectivity index (χ2v) is 10.5. The molecule has 0 nitrogen and oxygen atoms in total. The Bertz CT molecular complexity index is 295. The Hall–Kier alpha value is -0.0700. The molecular weight excluding hydrogens is 391 g/mol. The zero-order valence-electron chi connectivity index (χ0n) is 24.6. The van der Waals surface area contributed by atoms with Gasteiger partial charge in [0.1, 0.15) is 0 Å². The van der Waals surface area contributed by atoms with Gasteiger partial charge in [0, 0.05) is 0 Å². The molecule has 0 aromatic carbocycles. The van der Waals surface area contributed by atoms with Gasteiger partial charge in [-0.15, -0.1) is 0 Å². The molecule has 32 heavy (non-hydrogen) atoms. The fourth-order valence-electron chi connectivity index (χ4n) is 4.58. The molecule has 1 unspecified atom stereocenters. The molecule has 0 saturated heterocycles. The maximum absolute atomic E-state index is 12.1. The average Bonchev–Trinajstić information content (AvgIpc) is 2.81. The van der Waals surface area contributed by atoms with E-state index in [0.717, 1.165) is 30.6 Å². The fraction of sp³-hybridized carbons (Fsp3) is 1.00. The van der Waals surface area contributed by atoms with E-state index in [1.54, 1.807) is 0 Å². The van der Waals surface area contributed by atoms with Gasteiger partial charge in [0.05, 0.1) is 6.67 Å². The number of hydrogen-bond donors (Lipinski definition) is 0. The first-order chi connectivity index (χ1) is 15.4. The molecule has 1 atom stereocenters. The highest BCUT2D eigenvalue weighted by molar-refractivity contribution is 4.68. The molecule has 0 amide bonds. The van der Waals surface area contributed by atoms with Crippen LogP contribution in [0.5, 0.6) is 0 Å². The topological polar surface area (TPSA) is 0 Å². The lowest BCUT2D eigenvalue weighted by Crippen LogP contribution is -2.10. The van der Waals surface area contributed by atoms with Crippen LogP contribution in [0.4, 0.5) is 4.39 Å². The number of rotatable bonds is 7. The maximum Gasteiger partial charge on any atom is 0.0925 e. The van der Waals surface area contributed by atoms with Gasteiger partial charge in [0.15, 0.2) is 0 Å². The predicted molar refractivity (Wildman–Crippen MR) is 149 cm³/mol. The molecule has 0 heterocycles. The highest BCUT2D eigenvalue weighted by Crippen LogP contribution is 2.29. The van der Waals surface area contributed by atoms with Gasteiger partial charge in [-0.2, -0.15) is 0 Å². The minimum Gasteiger partial charge on any atom is -0.251 e. The van der Waals surface area contributed by atoms with E-state index in [0.29, 0.717) is 11.8 Å². The minimum absolute atomic E-state index is 0.147. The molecule has 0 aromatic rings. The van der Waals surface area contributed by atoms with Crippen molar-refractivity contribution in [2.75, 3.05) is 6.67 Å². The molecule has 0 spiro atoms. The zero-order chi connectivity index (χ0) is 25.2. The van der Waals surface area contributed by atoms with Crippen molar-refractivity contribution in [1.29, 1.82) is 0 Å². The number of halogens is 1. The summed E-state index contributed by atoms with van der Waals surface area (Å²) in [6, 6.07) is 0. The predicted octanol–water partition coefficient (Wildman–Crippen LogP) is 12.1. The van der Waals surface area contributed by atoms with Crippen molar-refractivity contribution in [2.45, 2.75) is 166 Å². The Morgan fingerprint density at radius 1 is 0.719 bits per heavy atom. The Kier molecular flexibility index (Phi) is 33.0. The van der Waals surface area contributed by atoms with E-state index in [-0.39, 0.29) is 6.67 Å². The summed E-state index contributed by atoms with van der Waals surface area (Å²) in [5, 5.41) is 0. The summed E-state index contributed by atoms with van der Waals surface area (Å²) in [4.78, 5) is 0. The summed E-state index contributed by atoms with van der Waals surface area (Å²) in [6.45, 7) is 21.4. The van der Waals surface area contributed by atoms with Crippen molar-refractivity contribution in [3.8, 4) is 0 Å². The minimum atomic E-state index is -0.147. The summed E-state index contributed by atoms with van der Waals surface area (Å²) in [5.74, 6) is 4.00. The molecule has 0 aromatic heterocycles. The number of alkyl halides is 1. The first-order valence-electron chi connectivity index (χ1n) is 15.0. The monoisotopic (exact) mass is 459 g/mol. The van der Waals surface area contributed by atoms with Gasteiger partial charge in [-0.3, -0.25) is 4.39 Å². The Morgan fingerprint density at radius 2 is 1.22 bits per heavy atom. The third-order valence-electron chi connectivity index (χ3n) is 6.93. The van der Waals surface area contributed by atoms with E-state index in [4.69, 9.17) is 0 Å². The molecule has 1 heteroatoms. The highest BCUT2D eigenvalue weighted by atomic mass is 19.1. The van der Waals surface area contributed by atoms with Crippen LogP contribution in [0.1, 0.15) is 166 Å². The molecular formula is C31H67F. The van der Waals surface area contributed by atoms with Crippen LogP contribution in [0.2, 0.25) is 0 Å². The Morgan fingerprint density at radius 3 is 1.53 bits per heavy atom. The summed E-state index contributed by atoms with van der Waals surface area (Å²) >= 11 is 0. The van der Waals surface area contributed by atoms with E-state index in [1.807, 2.05) is 13.8 Å². The molecule has 2 saturated carbocycles. The van der Waals surface area contributed by atoms with Gasteiger partial charge >= 0.3 is 0 Å². The van der Waals surface area contributed by atoms with Crippen LogP contribution in [0.3, 0.4) is 0 Å². The van der Waals surface area contributed by atoms with Crippen molar-refractivity contribution < 1.29 is 4.39 Å². The molecule has 2 aliphatic rings. The second kappa shape index (κ2) is 29.0. The van der Waals surface area contributed by atoms with E-state index in [9.17, 15) is 4.39 Å². The Labute approximate surface area is 206 Å². The lowest BCUT2D eigenvalue weighted by molar-refractivity contribution is 0.271. The van der Waals surface area contributed by atoms with E-state index in [1.165, 1.54) is 83.5 Å². The third-order valence-corrected chi connectivity index (χ3v) is 6.93. The van der Waals surface area contributed by atoms with Crippen LogP contribution in [-0.2, 0) is 0 Å².